The van der Waals surface area contributed by atoms with Gasteiger partial charge in [0.1, 0.15) is 6.54 Å². The fraction of sp³-hybridized carbons (Fsp3) is 0.130. The standard InChI is InChI=1S/C23H20Cl2N2O5S/c1-15-18(23(29)32-2)9-6-10-20(15)26-22(28)14-27(21-13-16(24)11-12-19(21)25)33(30,31)17-7-4-3-5-8-17/h3-13H,14H2,1-2H3,(H,26,28). The Kier molecular flexibility index (Phi) is 7.63. The number of anilines is 2. The molecular formula is C23H20Cl2N2O5S. The summed E-state index contributed by atoms with van der Waals surface area (Å²) < 4.78 is 32.5. The molecule has 0 atom stereocenters. The molecule has 0 spiro atoms. The SMILES string of the molecule is COC(=O)c1cccc(NC(=O)CN(c2cc(Cl)ccc2Cl)S(=O)(=O)c2ccccc2)c1C. The summed E-state index contributed by atoms with van der Waals surface area (Å²) in [7, 11) is -2.90. The molecule has 1 amide bonds. The van der Waals surface area contributed by atoms with Crippen molar-refractivity contribution in [2.24, 2.45) is 0 Å². The van der Waals surface area contributed by atoms with Crippen molar-refractivity contribution in [3.8, 4) is 0 Å². The number of benzene rings is 3. The smallest absolute Gasteiger partial charge is 0.338 e. The van der Waals surface area contributed by atoms with E-state index in [0.29, 0.717) is 11.3 Å². The number of hydrogen-bond acceptors (Lipinski definition) is 5. The fourth-order valence-electron chi connectivity index (χ4n) is 3.12. The second kappa shape index (κ2) is 10.2. The van der Waals surface area contributed by atoms with Gasteiger partial charge >= 0.3 is 5.97 Å². The summed E-state index contributed by atoms with van der Waals surface area (Å²) in [6, 6.07) is 16.8. The summed E-state index contributed by atoms with van der Waals surface area (Å²) in [6.45, 7) is 1.06. The normalized spacial score (nSPS) is 11.0. The number of carbonyl (C=O) groups is 2. The van der Waals surface area contributed by atoms with Crippen molar-refractivity contribution in [2.45, 2.75) is 11.8 Å². The monoisotopic (exact) mass is 506 g/mol. The molecule has 0 aromatic heterocycles. The van der Waals surface area contributed by atoms with Gasteiger partial charge in [-0.2, -0.15) is 0 Å². The largest absolute Gasteiger partial charge is 0.465 e. The van der Waals surface area contributed by atoms with Crippen molar-refractivity contribution in [1.29, 1.82) is 0 Å². The zero-order valence-corrected chi connectivity index (χ0v) is 20.0. The summed E-state index contributed by atoms with van der Waals surface area (Å²) in [5.74, 6) is -1.20. The molecule has 3 aromatic rings. The molecule has 33 heavy (non-hydrogen) atoms. The van der Waals surface area contributed by atoms with Gasteiger partial charge in [0, 0.05) is 10.7 Å². The number of hydrogen-bond donors (Lipinski definition) is 1. The van der Waals surface area contributed by atoms with Gasteiger partial charge in [0.25, 0.3) is 10.0 Å². The Morgan fingerprint density at radius 3 is 2.36 bits per heavy atom. The number of sulfonamides is 1. The van der Waals surface area contributed by atoms with Gasteiger partial charge in [0.15, 0.2) is 0 Å². The number of rotatable bonds is 7. The van der Waals surface area contributed by atoms with Crippen LogP contribution in [0.1, 0.15) is 15.9 Å². The van der Waals surface area contributed by atoms with Crippen LogP contribution in [0.25, 0.3) is 0 Å². The van der Waals surface area contributed by atoms with Crippen LogP contribution in [0.15, 0.2) is 71.6 Å². The van der Waals surface area contributed by atoms with Gasteiger partial charge in [0.2, 0.25) is 5.91 Å². The van der Waals surface area contributed by atoms with Gasteiger partial charge in [-0.05, 0) is 55.0 Å². The van der Waals surface area contributed by atoms with E-state index in [2.05, 4.69) is 5.32 Å². The highest BCUT2D eigenvalue weighted by Gasteiger charge is 2.29. The molecule has 0 heterocycles. The highest BCUT2D eigenvalue weighted by Crippen LogP contribution is 2.33. The molecule has 0 aliphatic carbocycles. The maximum absolute atomic E-state index is 13.4. The molecule has 0 aliphatic rings. The minimum atomic E-state index is -4.16. The van der Waals surface area contributed by atoms with Gasteiger partial charge in [-0.1, -0.05) is 47.5 Å². The summed E-state index contributed by atoms with van der Waals surface area (Å²) in [5.41, 5.74) is 1.17. The molecule has 0 aliphatic heterocycles. The molecular weight excluding hydrogens is 487 g/mol. The first kappa shape index (κ1) is 24.6. The first-order valence-corrected chi connectivity index (χ1v) is 11.9. The summed E-state index contributed by atoms with van der Waals surface area (Å²) in [6.07, 6.45) is 0. The van der Waals surface area contributed by atoms with E-state index in [1.54, 1.807) is 43.3 Å². The third-order valence-corrected chi connectivity index (χ3v) is 7.14. The minimum Gasteiger partial charge on any atom is -0.465 e. The van der Waals surface area contributed by atoms with E-state index in [9.17, 15) is 18.0 Å². The molecule has 10 heteroatoms. The Morgan fingerprint density at radius 2 is 1.70 bits per heavy atom. The highest BCUT2D eigenvalue weighted by atomic mass is 35.5. The Bertz CT molecular complexity index is 1300. The van der Waals surface area contributed by atoms with Crippen LogP contribution < -0.4 is 9.62 Å². The number of esters is 1. The van der Waals surface area contributed by atoms with Crippen LogP contribution in [0.4, 0.5) is 11.4 Å². The van der Waals surface area contributed by atoms with Gasteiger partial charge < -0.3 is 10.1 Å². The van der Waals surface area contributed by atoms with E-state index in [1.165, 1.54) is 37.4 Å². The molecule has 0 saturated heterocycles. The Hall–Kier alpha value is -3.07. The van der Waals surface area contributed by atoms with Crippen molar-refractivity contribution in [3.63, 3.8) is 0 Å². The number of methoxy groups -OCH3 is 1. The zero-order valence-electron chi connectivity index (χ0n) is 17.7. The van der Waals surface area contributed by atoms with Crippen molar-refractivity contribution in [1.82, 2.24) is 0 Å². The quantitative estimate of drug-likeness (QED) is 0.459. The van der Waals surface area contributed by atoms with Crippen LogP contribution in [0.3, 0.4) is 0 Å². The Morgan fingerprint density at radius 1 is 1.00 bits per heavy atom. The predicted molar refractivity (Wildman–Crippen MR) is 129 cm³/mol. The molecule has 7 nitrogen and oxygen atoms in total. The molecule has 0 radical (unpaired) electrons. The van der Waals surface area contributed by atoms with Crippen molar-refractivity contribution < 1.29 is 22.7 Å². The second-order valence-electron chi connectivity index (χ2n) is 6.94. The van der Waals surface area contributed by atoms with Crippen LogP contribution in [0, 0.1) is 6.92 Å². The van der Waals surface area contributed by atoms with Gasteiger partial charge in [-0.3, -0.25) is 9.10 Å². The van der Waals surface area contributed by atoms with E-state index in [0.717, 1.165) is 4.31 Å². The topological polar surface area (TPSA) is 92.8 Å². The van der Waals surface area contributed by atoms with E-state index < -0.39 is 28.4 Å². The number of ether oxygens (including phenoxy) is 1. The minimum absolute atomic E-state index is 0.0160. The maximum atomic E-state index is 13.4. The average Bonchev–Trinajstić information content (AvgIpc) is 2.80. The van der Waals surface area contributed by atoms with Gasteiger partial charge in [0.05, 0.1) is 28.3 Å². The highest BCUT2D eigenvalue weighted by molar-refractivity contribution is 7.92. The van der Waals surface area contributed by atoms with Crippen LogP contribution in [-0.4, -0.2) is 33.9 Å². The predicted octanol–water partition coefficient (Wildman–Crippen LogP) is 4.92. The van der Waals surface area contributed by atoms with Crippen molar-refractivity contribution in [3.05, 3.63) is 87.9 Å². The molecule has 172 valence electrons. The number of nitrogens with zero attached hydrogens (tertiary/aromatic N) is 1. The summed E-state index contributed by atoms with van der Waals surface area (Å²) in [5, 5.41) is 3.02. The molecule has 0 bridgehead atoms. The third-order valence-electron chi connectivity index (χ3n) is 4.81. The zero-order chi connectivity index (χ0) is 24.2. The van der Waals surface area contributed by atoms with Crippen molar-refractivity contribution in [2.75, 3.05) is 23.3 Å². The lowest BCUT2D eigenvalue weighted by Gasteiger charge is -2.25. The van der Waals surface area contributed by atoms with Crippen LogP contribution >= 0.6 is 23.2 Å². The van der Waals surface area contributed by atoms with E-state index in [1.807, 2.05) is 0 Å². The molecule has 3 rings (SSSR count). The van der Waals surface area contributed by atoms with E-state index >= 15 is 0 Å². The lowest BCUT2D eigenvalue weighted by molar-refractivity contribution is -0.114. The molecule has 3 aromatic carbocycles. The third kappa shape index (κ3) is 5.47. The fourth-order valence-corrected chi connectivity index (χ4v) is 5.01. The second-order valence-corrected chi connectivity index (χ2v) is 9.64. The number of amides is 1. The Balaban J connectivity index is 1.99. The summed E-state index contributed by atoms with van der Waals surface area (Å²) >= 11 is 12.4. The molecule has 0 fully saturated rings. The first-order valence-electron chi connectivity index (χ1n) is 9.65. The Labute approximate surface area is 201 Å². The van der Waals surface area contributed by atoms with Crippen LogP contribution in [0.5, 0.6) is 0 Å². The summed E-state index contributed by atoms with van der Waals surface area (Å²) in [4.78, 5) is 24.9. The first-order chi connectivity index (χ1) is 15.6. The van der Waals surface area contributed by atoms with E-state index in [4.69, 9.17) is 27.9 Å². The van der Waals surface area contributed by atoms with Gasteiger partial charge in [-0.25, -0.2) is 13.2 Å². The van der Waals surface area contributed by atoms with Gasteiger partial charge in [-0.15, -0.1) is 0 Å². The molecule has 0 unspecified atom stereocenters. The average molecular weight is 507 g/mol. The van der Waals surface area contributed by atoms with E-state index in [-0.39, 0.29) is 26.2 Å². The van der Waals surface area contributed by atoms with Crippen LogP contribution in [-0.2, 0) is 19.6 Å². The lowest BCUT2D eigenvalue weighted by Crippen LogP contribution is -2.38. The number of halogens is 2. The van der Waals surface area contributed by atoms with Crippen molar-refractivity contribution >= 4 is 56.5 Å². The van der Waals surface area contributed by atoms with Crippen LogP contribution in [0.2, 0.25) is 10.0 Å². The number of carbonyl (C=O) groups excluding carboxylic acids is 2. The number of nitrogens with one attached hydrogen (secondary N) is 1. The lowest BCUT2D eigenvalue weighted by atomic mass is 10.1. The maximum Gasteiger partial charge on any atom is 0.338 e. The molecule has 0 saturated carbocycles. The molecule has 1 N–H and O–H groups in total.